The summed E-state index contributed by atoms with van der Waals surface area (Å²) in [7, 11) is 0. The van der Waals surface area contributed by atoms with Crippen molar-refractivity contribution in [1.29, 1.82) is 0 Å². The third-order valence-corrected chi connectivity index (χ3v) is 3.48. The fourth-order valence-corrected chi connectivity index (χ4v) is 2.34. The summed E-state index contributed by atoms with van der Waals surface area (Å²) in [5, 5.41) is 7.18. The lowest BCUT2D eigenvalue weighted by Crippen LogP contribution is -2.08. The molecule has 1 heterocycles. The molecule has 0 atom stereocenters. The van der Waals surface area contributed by atoms with Crippen molar-refractivity contribution < 1.29 is 0 Å². The van der Waals surface area contributed by atoms with Gasteiger partial charge in [-0.15, -0.1) is 0 Å². The average Bonchev–Trinajstić information content (AvgIpc) is 2.70. The first-order valence-electron chi connectivity index (χ1n) is 6.29. The molecule has 0 aliphatic heterocycles. The molecule has 18 heavy (non-hydrogen) atoms. The van der Waals surface area contributed by atoms with Crippen molar-refractivity contribution in [2.75, 3.05) is 0 Å². The van der Waals surface area contributed by atoms with Crippen LogP contribution in [0.2, 0.25) is 0 Å². The molecule has 2 rings (SSSR count). The number of hydrogen-bond donors (Lipinski definition) is 1. The summed E-state index contributed by atoms with van der Waals surface area (Å²) in [6.07, 6.45) is 0.986. The summed E-state index contributed by atoms with van der Waals surface area (Å²) in [5.41, 5.74) is 2.70. The van der Waals surface area contributed by atoms with Crippen LogP contribution in [0.25, 0.3) is 0 Å². The zero-order chi connectivity index (χ0) is 13.1. The molecule has 1 aromatic carbocycles. The molecule has 2 aromatic rings. The Kier molecular flexibility index (Phi) is 3.97. The molecule has 4 heteroatoms. The van der Waals surface area contributed by atoms with E-state index in [4.69, 9.17) is 12.2 Å². The summed E-state index contributed by atoms with van der Waals surface area (Å²) in [6.45, 7) is 7.30. The number of benzene rings is 1. The lowest BCUT2D eigenvalue weighted by atomic mass is 10.1. The van der Waals surface area contributed by atoms with Gasteiger partial charge in [-0.25, -0.2) is 0 Å². The van der Waals surface area contributed by atoms with E-state index in [9.17, 15) is 0 Å². The topological polar surface area (TPSA) is 33.6 Å². The molecule has 3 nitrogen and oxygen atoms in total. The van der Waals surface area contributed by atoms with Gasteiger partial charge in [-0.3, -0.25) is 5.10 Å². The monoisotopic (exact) mass is 261 g/mol. The summed E-state index contributed by atoms with van der Waals surface area (Å²) in [5.74, 6) is 1.42. The Balaban J connectivity index is 2.18. The molecular formula is C14H19N3S. The first-order valence-corrected chi connectivity index (χ1v) is 6.70. The number of nitrogens with one attached hydrogen (secondary N) is 1. The predicted molar refractivity (Wildman–Crippen MR) is 76.4 cm³/mol. The maximum Gasteiger partial charge on any atom is 0.195 e. The molecule has 0 aliphatic carbocycles. The standard InChI is InChI=1S/C14H19N3S/c1-10(2)13-15-16-14(18)17(13)9-8-12-7-5-4-6-11(12)3/h4-7,10H,8-9H2,1-3H3,(H,16,18). The Morgan fingerprint density at radius 2 is 2.06 bits per heavy atom. The van der Waals surface area contributed by atoms with E-state index in [1.54, 1.807) is 0 Å². The molecule has 0 fully saturated rings. The highest BCUT2D eigenvalue weighted by Gasteiger charge is 2.10. The molecule has 0 unspecified atom stereocenters. The van der Waals surface area contributed by atoms with Crippen LogP contribution in [-0.2, 0) is 13.0 Å². The highest BCUT2D eigenvalue weighted by Crippen LogP contribution is 2.14. The molecular weight excluding hydrogens is 242 g/mol. The van der Waals surface area contributed by atoms with Crippen LogP contribution >= 0.6 is 12.2 Å². The molecule has 96 valence electrons. The maximum atomic E-state index is 5.29. The van der Waals surface area contributed by atoms with Gasteiger partial charge in [0.1, 0.15) is 5.82 Å². The molecule has 0 saturated heterocycles. The molecule has 1 N–H and O–H groups in total. The van der Waals surface area contributed by atoms with Crippen molar-refractivity contribution in [1.82, 2.24) is 14.8 Å². The van der Waals surface area contributed by atoms with Crippen LogP contribution in [0.15, 0.2) is 24.3 Å². The molecule has 0 bridgehead atoms. The van der Waals surface area contributed by atoms with Crippen LogP contribution in [0.1, 0.15) is 36.7 Å². The van der Waals surface area contributed by atoms with E-state index in [2.05, 4.69) is 59.8 Å². The van der Waals surface area contributed by atoms with Gasteiger partial charge < -0.3 is 4.57 Å². The fraction of sp³-hybridized carbons (Fsp3) is 0.429. The summed E-state index contributed by atoms with van der Waals surface area (Å²) in [4.78, 5) is 0. The number of aryl methyl sites for hydroxylation is 2. The van der Waals surface area contributed by atoms with Crippen molar-refractivity contribution in [3.05, 3.63) is 46.0 Å². The van der Waals surface area contributed by atoms with Crippen molar-refractivity contribution in [3.8, 4) is 0 Å². The molecule has 0 aliphatic rings. The summed E-state index contributed by atoms with van der Waals surface area (Å²) in [6, 6.07) is 8.48. The van der Waals surface area contributed by atoms with Crippen LogP contribution in [0.5, 0.6) is 0 Å². The normalized spacial score (nSPS) is 11.1. The smallest absolute Gasteiger partial charge is 0.195 e. The van der Waals surface area contributed by atoms with Crippen molar-refractivity contribution in [2.24, 2.45) is 0 Å². The molecule has 0 amide bonds. The van der Waals surface area contributed by atoms with Gasteiger partial charge in [0.25, 0.3) is 0 Å². The number of nitrogens with zero attached hydrogens (tertiary/aromatic N) is 2. The SMILES string of the molecule is Cc1ccccc1CCn1c(C(C)C)n[nH]c1=S. The predicted octanol–water partition coefficient (Wildman–Crippen LogP) is 3.62. The highest BCUT2D eigenvalue weighted by atomic mass is 32.1. The Bertz CT molecular complexity index is 581. The third kappa shape index (κ3) is 2.70. The zero-order valence-electron chi connectivity index (χ0n) is 11.1. The van der Waals surface area contributed by atoms with E-state index in [1.165, 1.54) is 11.1 Å². The van der Waals surface area contributed by atoms with Gasteiger partial charge in [0.05, 0.1) is 0 Å². The second-order valence-electron chi connectivity index (χ2n) is 4.87. The minimum atomic E-state index is 0.384. The minimum Gasteiger partial charge on any atom is -0.304 e. The van der Waals surface area contributed by atoms with E-state index in [-0.39, 0.29) is 0 Å². The van der Waals surface area contributed by atoms with Crippen molar-refractivity contribution >= 4 is 12.2 Å². The maximum absolute atomic E-state index is 5.29. The Morgan fingerprint density at radius 3 is 2.72 bits per heavy atom. The Morgan fingerprint density at radius 1 is 1.33 bits per heavy atom. The third-order valence-electron chi connectivity index (χ3n) is 3.17. The van der Waals surface area contributed by atoms with E-state index in [0.717, 1.165) is 18.8 Å². The van der Waals surface area contributed by atoms with Gasteiger partial charge in [0.15, 0.2) is 4.77 Å². The van der Waals surface area contributed by atoms with Crippen LogP contribution in [0.3, 0.4) is 0 Å². The zero-order valence-corrected chi connectivity index (χ0v) is 11.9. The van der Waals surface area contributed by atoms with E-state index >= 15 is 0 Å². The van der Waals surface area contributed by atoms with Gasteiger partial charge in [0, 0.05) is 12.5 Å². The number of rotatable bonds is 4. The fourth-order valence-electron chi connectivity index (χ4n) is 2.11. The first-order chi connectivity index (χ1) is 8.59. The molecule has 0 radical (unpaired) electrons. The van der Waals surface area contributed by atoms with Gasteiger partial charge in [-0.1, -0.05) is 38.1 Å². The van der Waals surface area contributed by atoms with E-state index < -0.39 is 0 Å². The van der Waals surface area contributed by atoms with Crippen LogP contribution < -0.4 is 0 Å². The van der Waals surface area contributed by atoms with Gasteiger partial charge >= 0.3 is 0 Å². The highest BCUT2D eigenvalue weighted by molar-refractivity contribution is 7.71. The number of aromatic amines is 1. The van der Waals surface area contributed by atoms with Crippen LogP contribution in [0, 0.1) is 11.7 Å². The minimum absolute atomic E-state index is 0.384. The van der Waals surface area contributed by atoms with E-state index in [0.29, 0.717) is 10.7 Å². The Hall–Kier alpha value is -1.42. The van der Waals surface area contributed by atoms with Crippen LogP contribution in [-0.4, -0.2) is 14.8 Å². The quantitative estimate of drug-likeness (QED) is 0.853. The number of hydrogen-bond acceptors (Lipinski definition) is 2. The van der Waals surface area contributed by atoms with E-state index in [1.807, 2.05) is 0 Å². The Labute approximate surface area is 113 Å². The molecule has 1 aromatic heterocycles. The van der Waals surface area contributed by atoms with Gasteiger partial charge in [0.2, 0.25) is 0 Å². The number of H-pyrrole nitrogens is 1. The van der Waals surface area contributed by atoms with Crippen LogP contribution in [0.4, 0.5) is 0 Å². The largest absolute Gasteiger partial charge is 0.304 e. The second-order valence-corrected chi connectivity index (χ2v) is 5.26. The number of aromatic nitrogens is 3. The first kappa shape index (κ1) is 13.0. The lowest BCUT2D eigenvalue weighted by Gasteiger charge is -2.10. The average molecular weight is 261 g/mol. The summed E-state index contributed by atoms with van der Waals surface area (Å²) < 4.78 is 2.82. The van der Waals surface area contributed by atoms with Gasteiger partial charge in [-0.2, -0.15) is 5.10 Å². The van der Waals surface area contributed by atoms with Crippen molar-refractivity contribution in [3.63, 3.8) is 0 Å². The molecule has 0 spiro atoms. The second kappa shape index (κ2) is 5.48. The van der Waals surface area contributed by atoms with Crippen molar-refractivity contribution in [2.45, 2.75) is 39.7 Å². The molecule has 0 saturated carbocycles. The lowest BCUT2D eigenvalue weighted by molar-refractivity contribution is 0.613. The summed E-state index contributed by atoms with van der Waals surface area (Å²) >= 11 is 5.29. The van der Waals surface area contributed by atoms with Gasteiger partial charge in [-0.05, 0) is 36.7 Å².